The minimum absolute atomic E-state index is 0.0937. The first-order chi connectivity index (χ1) is 14.0. The second-order valence-corrected chi connectivity index (χ2v) is 10.4. The molecule has 0 saturated heterocycles. The maximum Gasteiger partial charge on any atom is 0.245 e. The Hall–Kier alpha value is -1.74. The van der Waals surface area contributed by atoms with Crippen molar-refractivity contribution < 1.29 is 12.8 Å². The summed E-state index contributed by atoms with van der Waals surface area (Å²) in [4.78, 5) is 8.78. The standard InChI is InChI=1S/C20H22ClN3O3S2/c21-19-9-8-18(11-22-19)29(25,26)24(13-17-7-4-10-27-17)12-16-14-28-20(23-16)15-5-2-1-3-6-15/h4,7-11,14-15H,1-3,5-6,12-13H2. The van der Waals surface area contributed by atoms with Crippen molar-refractivity contribution in [1.29, 1.82) is 0 Å². The third-order valence-electron chi connectivity index (χ3n) is 5.11. The Labute approximate surface area is 179 Å². The van der Waals surface area contributed by atoms with Gasteiger partial charge in [0.25, 0.3) is 0 Å². The minimum atomic E-state index is -3.79. The zero-order valence-corrected chi connectivity index (χ0v) is 18.2. The van der Waals surface area contributed by atoms with E-state index in [4.69, 9.17) is 21.0 Å². The summed E-state index contributed by atoms with van der Waals surface area (Å²) < 4.78 is 33.3. The fourth-order valence-corrected chi connectivity index (χ4v) is 6.00. The highest BCUT2D eigenvalue weighted by molar-refractivity contribution is 7.89. The zero-order valence-electron chi connectivity index (χ0n) is 15.8. The van der Waals surface area contributed by atoms with Crippen molar-refractivity contribution in [3.8, 4) is 0 Å². The molecule has 6 nitrogen and oxygen atoms in total. The van der Waals surface area contributed by atoms with Crippen LogP contribution in [0.1, 0.15) is 54.5 Å². The molecule has 0 N–H and O–H groups in total. The van der Waals surface area contributed by atoms with E-state index in [1.807, 2.05) is 5.38 Å². The molecule has 1 saturated carbocycles. The van der Waals surface area contributed by atoms with Gasteiger partial charge in [-0.25, -0.2) is 18.4 Å². The van der Waals surface area contributed by atoms with Gasteiger partial charge in [0.2, 0.25) is 10.0 Å². The molecule has 0 spiro atoms. The lowest BCUT2D eigenvalue weighted by molar-refractivity contribution is 0.355. The predicted molar refractivity (Wildman–Crippen MR) is 112 cm³/mol. The van der Waals surface area contributed by atoms with Gasteiger partial charge in [0.05, 0.1) is 30.1 Å². The molecule has 1 aliphatic rings. The quantitative estimate of drug-likeness (QED) is 0.460. The molecule has 0 radical (unpaired) electrons. The van der Waals surface area contributed by atoms with Crippen molar-refractivity contribution >= 4 is 33.0 Å². The second kappa shape index (κ2) is 8.95. The van der Waals surface area contributed by atoms with Crippen LogP contribution in [-0.2, 0) is 23.1 Å². The van der Waals surface area contributed by atoms with E-state index in [0.717, 1.165) is 23.5 Å². The van der Waals surface area contributed by atoms with Gasteiger partial charge in [-0.3, -0.25) is 0 Å². The molecular formula is C20H22ClN3O3S2. The molecule has 1 fully saturated rings. The van der Waals surface area contributed by atoms with Crippen LogP contribution in [0, 0.1) is 0 Å². The summed E-state index contributed by atoms with van der Waals surface area (Å²) in [5.74, 6) is 1.07. The average molecular weight is 452 g/mol. The summed E-state index contributed by atoms with van der Waals surface area (Å²) >= 11 is 7.45. The Morgan fingerprint density at radius 2 is 2.00 bits per heavy atom. The van der Waals surface area contributed by atoms with Gasteiger partial charge < -0.3 is 4.42 Å². The van der Waals surface area contributed by atoms with E-state index < -0.39 is 10.0 Å². The SMILES string of the molecule is O=S(=O)(c1ccc(Cl)nc1)N(Cc1csc(C2CCCCC2)n1)Cc1ccco1. The summed E-state index contributed by atoms with van der Waals surface area (Å²) in [7, 11) is -3.79. The first-order valence-electron chi connectivity index (χ1n) is 9.61. The van der Waals surface area contributed by atoms with Crippen LogP contribution in [0.15, 0.2) is 51.4 Å². The lowest BCUT2D eigenvalue weighted by Crippen LogP contribution is -2.30. The number of furan rings is 1. The van der Waals surface area contributed by atoms with Gasteiger partial charge >= 0.3 is 0 Å². The minimum Gasteiger partial charge on any atom is -0.468 e. The fourth-order valence-electron chi connectivity index (χ4n) is 3.58. The molecule has 0 atom stereocenters. The average Bonchev–Trinajstić information content (AvgIpc) is 3.41. The van der Waals surface area contributed by atoms with Crippen LogP contribution in [0.3, 0.4) is 0 Å². The van der Waals surface area contributed by atoms with Crippen LogP contribution in [0.5, 0.6) is 0 Å². The lowest BCUT2D eigenvalue weighted by Gasteiger charge is -2.21. The van der Waals surface area contributed by atoms with Gasteiger partial charge in [0.15, 0.2) is 0 Å². The summed E-state index contributed by atoms with van der Waals surface area (Å²) in [6.45, 7) is 0.295. The molecule has 0 amide bonds. The second-order valence-electron chi connectivity index (χ2n) is 7.18. The number of aromatic nitrogens is 2. The number of nitrogens with zero attached hydrogens (tertiary/aromatic N) is 3. The van der Waals surface area contributed by atoms with Crippen molar-refractivity contribution in [3.05, 3.63) is 63.7 Å². The van der Waals surface area contributed by atoms with Crippen molar-refractivity contribution in [3.63, 3.8) is 0 Å². The monoisotopic (exact) mass is 451 g/mol. The van der Waals surface area contributed by atoms with Crippen molar-refractivity contribution in [2.75, 3.05) is 0 Å². The molecule has 0 aliphatic heterocycles. The van der Waals surface area contributed by atoms with E-state index >= 15 is 0 Å². The van der Waals surface area contributed by atoms with Gasteiger partial charge in [0, 0.05) is 17.5 Å². The van der Waals surface area contributed by atoms with Gasteiger partial charge in [0.1, 0.15) is 15.8 Å². The van der Waals surface area contributed by atoms with E-state index in [9.17, 15) is 8.42 Å². The summed E-state index contributed by atoms with van der Waals surface area (Å²) in [6, 6.07) is 6.45. The first-order valence-corrected chi connectivity index (χ1v) is 12.3. The zero-order chi connectivity index (χ0) is 20.3. The van der Waals surface area contributed by atoms with Gasteiger partial charge in [-0.15, -0.1) is 11.3 Å². The Kier molecular flexibility index (Phi) is 6.34. The molecular weight excluding hydrogens is 430 g/mol. The third-order valence-corrected chi connectivity index (χ3v) is 8.17. The number of halogens is 1. The van der Waals surface area contributed by atoms with Gasteiger partial charge in [-0.2, -0.15) is 4.31 Å². The molecule has 1 aliphatic carbocycles. The Morgan fingerprint density at radius 3 is 2.69 bits per heavy atom. The third kappa shape index (κ3) is 4.88. The van der Waals surface area contributed by atoms with Crippen molar-refractivity contribution in [2.45, 2.75) is 56.0 Å². The number of hydrogen-bond donors (Lipinski definition) is 0. The first kappa shape index (κ1) is 20.5. The van der Waals surface area contributed by atoms with Crippen LogP contribution in [0.4, 0.5) is 0 Å². The molecule has 29 heavy (non-hydrogen) atoms. The highest BCUT2D eigenvalue weighted by Gasteiger charge is 2.28. The van der Waals surface area contributed by atoms with Crippen molar-refractivity contribution in [1.82, 2.24) is 14.3 Å². The number of thiazole rings is 1. The topological polar surface area (TPSA) is 76.3 Å². The number of rotatable bonds is 7. The molecule has 3 heterocycles. The van der Waals surface area contributed by atoms with Gasteiger partial charge in [-0.05, 0) is 37.1 Å². The molecule has 0 unspecified atom stereocenters. The van der Waals surface area contributed by atoms with E-state index in [-0.39, 0.29) is 23.1 Å². The number of hydrogen-bond acceptors (Lipinski definition) is 6. The van der Waals surface area contributed by atoms with E-state index in [2.05, 4.69) is 4.98 Å². The van der Waals surface area contributed by atoms with E-state index in [1.54, 1.807) is 23.5 Å². The predicted octanol–water partition coefficient (Wildman–Crippen LogP) is 5.22. The highest BCUT2D eigenvalue weighted by Crippen LogP contribution is 2.34. The van der Waals surface area contributed by atoms with Crippen LogP contribution < -0.4 is 0 Å². The van der Waals surface area contributed by atoms with Crippen molar-refractivity contribution in [2.24, 2.45) is 0 Å². The molecule has 3 aromatic rings. The smallest absolute Gasteiger partial charge is 0.245 e. The molecule has 0 bridgehead atoms. The Bertz CT molecular complexity index is 1030. The molecule has 9 heteroatoms. The summed E-state index contributed by atoms with van der Waals surface area (Å²) in [5.41, 5.74) is 0.757. The molecule has 154 valence electrons. The van der Waals surface area contributed by atoms with Crippen LogP contribution in [0.2, 0.25) is 5.15 Å². The lowest BCUT2D eigenvalue weighted by atomic mass is 9.90. The summed E-state index contributed by atoms with van der Waals surface area (Å²) in [5, 5.41) is 3.33. The fraction of sp³-hybridized carbons (Fsp3) is 0.400. The van der Waals surface area contributed by atoms with Crippen LogP contribution in [0.25, 0.3) is 0 Å². The Balaban J connectivity index is 1.59. The number of sulfonamides is 1. The molecule has 0 aromatic carbocycles. The van der Waals surface area contributed by atoms with Gasteiger partial charge in [-0.1, -0.05) is 30.9 Å². The summed E-state index contributed by atoms with van der Waals surface area (Å²) in [6.07, 6.45) is 8.91. The van der Waals surface area contributed by atoms with Crippen LogP contribution in [-0.4, -0.2) is 22.7 Å². The maximum absolute atomic E-state index is 13.3. The highest BCUT2D eigenvalue weighted by atomic mass is 35.5. The van der Waals surface area contributed by atoms with Crippen LogP contribution >= 0.6 is 22.9 Å². The molecule has 4 rings (SSSR count). The van der Waals surface area contributed by atoms with E-state index in [1.165, 1.54) is 48.2 Å². The largest absolute Gasteiger partial charge is 0.468 e. The van der Waals surface area contributed by atoms with E-state index in [0.29, 0.717) is 11.7 Å². The maximum atomic E-state index is 13.3. The number of pyridine rings is 1. The molecule has 3 aromatic heterocycles. The normalized spacial score (nSPS) is 15.8. The Morgan fingerprint density at radius 1 is 1.17 bits per heavy atom.